The van der Waals surface area contributed by atoms with E-state index in [1.165, 1.54) is 10.9 Å². The normalized spacial score (nSPS) is 10.3. The average Bonchev–Trinajstić information content (AvgIpc) is 2.72. The molecule has 2 rings (SSSR count). The molecule has 1 heterocycles. The molecular formula is C11H10FN3O3. The summed E-state index contributed by atoms with van der Waals surface area (Å²) < 4.78 is 19.9. The van der Waals surface area contributed by atoms with Crippen LogP contribution in [0.3, 0.4) is 0 Å². The number of hydrogen-bond donors (Lipinski definition) is 0. The lowest BCUT2D eigenvalue weighted by molar-refractivity contribution is -0.385. The van der Waals surface area contributed by atoms with Crippen molar-refractivity contribution >= 4 is 5.69 Å². The lowest BCUT2D eigenvalue weighted by Gasteiger charge is -2.04. The number of aryl methyl sites for hydroxylation is 1. The van der Waals surface area contributed by atoms with Crippen LogP contribution < -0.4 is 4.74 Å². The number of halogens is 1. The summed E-state index contributed by atoms with van der Waals surface area (Å²) in [5.74, 6) is -0.0681. The molecule has 0 spiro atoms. The summed E-state index contributed by atoms with van der Waals surface area (Å²) in [4.78, 5) is 10.2. The van der Waals surface area contributed by atoms with Crippen LogP contribution in [0.5, 0.6) is 5.75 Å². The van der Waals surface area contributed by atoms with Crippen LogP contribution in [0.1, 0.15) is 5.56 Å². The Hall–Kier alpha value is -2.44. The molecule has 0 amide bonds. The van der Waals surface area contributed by atoms with E-state index in [1.807, 2.05) is 0 Å². The maximum atomic E-state index is 13.0. The van der Waals surface area contributed by atoms with E-state index in [9.17, 15) is 14.5 Å². The van der Waals surface area contributed by atoms with Crippen molar-refractivity contribution in [1.29, 1.82) is 0 Å². The van der Waals surface area contributed by atoms with Crippen molar-refractivity contribution < 1.29 is 14.1 Å². The van der Waals surface area contributed by atoms with Gasteiger partial charge in [-0.15, -0.1) is 0 Å². The van der Waals surface area contributed by atoms with Crippen molar-refractivity contribution in [2.45, 2.75) is 6.61 Å². The summed E-state index contributed by atoms with van der Waals surface area (Å²) in [5, 5.41) is 14.6. The first-order valence-corrected chi connectivity index (χ1v) is 5.10. The van der Waals surface area contributed by atoms with Crippen molar-refractivity contribution in [3.63, 3.8) is 0 Å². The Morgan fingerprint density at radius 3 is 2.94 bits per heavy atom. The van der Waals surface area contributed by atoms with E-state index >= 15 is 0 Å². The van der Waals surface area contributed by atoms with Gasteiger partial charge >= 0.3 is 0 Å². The number of nitrogens with zero attached hydrogens (tertiary/aromatic N) is 3. The maximum absolute atomic E-state index is 13.0. The number of aromatic nitrogens is 2. The van der Waals surface area contributed by atoms with Gasteiger partial charge in [-0.2, -0.15) is 5.10 Å². The second-order valence-corrected chi connectivity index (χ2v) is 3.67. The van der Waals surface area contributed by atoms with Gasteiger partial charge in [0, 0.05) is 13.1 Å². The molecule has 0 unspecified atom stereocenters. The summed E-state index contributed by atoms with van der Waals surface area (Å²) in [6, 6.07) is 3.26. The Morgan fingerprint density at radius 1 is 1.56 bits per heavy atom. The Bertz CT molecular complexity index is 583. The van der Waals surface area contributed by atoms with E-state index in [2.05, 4.69) is 5.10 Å². The molecule has 1 aromatic carbocycles. The molecule has 0 bridgehead atoms. The Balaban J connectivity index is 2.17. The van der Waals surface area contributed by atoms with Gasteiger partial charge in [0.2, 0.25) is 0 Å². The van der Waals surface area contributed by atoms with E-state index in [-0.39, 0.29) is 17.9 Å². The molecule has 2 aromatic rings. The van der Waals surface area contributed by atoms with E-state index in [4.69, 9.17) is 4.74 Å². The van der Waals surface area contributed by atoms with Crippen LogP contribution in [0, 0.1) is 15.9 Å². The molecule has 0 saturated carbocycles. The zero-order valence-corrected chi connectivity index (χ0v) is 9.54. The fourth-order valence-corrected chi connectivity index (χ4v) is 1.48. The van der Waals surface area contributed by atoms with E-state index in [1.54, 1.807) is 13.2 Å². The van der Waals surface area contributed by atoms with Crippen molar-refractivity contribution in [1.82, 2.24) is 9.78 Å². The highest BCUT2D eigenvalue weighted by Gasteiger charge is 2.15. The van der Waals surface area contributed by atoms with Gasteiger partial charge in [0.05, 0.1) is 22.9 Å². The lowest BCUT2D eigenvalue weighted by atomic mass is 10.2. The fourth-order valence-electron chi connectivity index (χ4n) is 1.48. The van der Waals surface area contributed by atoms with Crippen molar-refractivity contribution in [2.24, 2.45) is 7.05 Å². The molecule has 7 heteroatoms. The van der Waals surface area contributed by atoms with Crippen LogP contribution in [-0.4, -0.2) is 14.7 Å². The third kappa shape index (κ3) is 2.62. The number of ether oxygens (including phenoxy) is 1. The van der Waals surface area contributed by atoms with Crippen LogP contribution in [0.25, 0.3) is 0 Å². The standard InChI is InChI=1S/C11H10FN3O3/c1-14-6-10(5-13-14)18-7-8-4-9(12)2-3-11(8)15(16)17/h2-6H,7H2,1H3. The molecule has 0 aliphatic rings. The highest BCUT2D eigenvalue weighted by atomic mass is 19.1. The highest BCUT2D eigenvalue weighted by molar-refractivity contribution is 5.40. The van der Waals surface area contributed by atoms with Crippen molar-refractivity contribution in [2.75, 3.05) is 0 Å². The summed E-state index contributed by atoms with van der Waals surface area (Å²) in [5.41, 5.74) is 0.0177. The average molecular weight is 251 g/mol. The zero-order valence-electron chi connectivity index (χ0n) is 9.54. The van der Waals surface area contributed by atoms with Crippen LogP contribution >= 0.6 is 0 Å². The van der Waals surface area contributed by atoms with Crippen LogP contribution in [0.15, 0.2) is 30.6 Å². The summed E-state index contributed by atoms with van der Waals surface area (Å²) in [6.07, 6.45) is 3.09. The van der Waals surface area contributed by atoms with E-state index in [0.29, 0.717) is 5.75 Å². The summed E-state index contributed by atoms with van der Waals surface area (Å²) >= 11 is 0. The third-order valence-electron chi connectivity index (χ3n) is 2.31. The predicted molar refractivity (Wildman–Crippen MR) is 60.6 cm³/mol. The molecule has 0 aliphatic heterocycles. The Morgan fingerprint density at radius 2 is 2.33 bits per heavy atom. The van der Waals surface area contributed by atoms with Crippen molar-refractivity contribution in [3.05, 3.63) is 52.1 Å². The van der Waals surface area contributed by atoms with Gasteiger partial charge < -0.3 is 4.74 Å². The molecule has 0 saturated heterocycles. The smallest absolute Gasteiger partial charge is 0.276 e. The third-order valence-corrected chi connectivity index (χ3v) is 2.31. The SMILES string of the molecule is Cn1cc(OCc2cc(F)ccc2[N+](=O)[O-])cn1. The molecule has 94 valence electrons. The minimum atomic E-state index is -0.568. The topological polar surface area (TPSA) is 70.2 Å². The zero-order chi connectivity index (χ0) is 13.1. The predicted octanol–water partition coefficient (Wildman–Crippen LogP) is 2.05. The Kier molecular flexibility index (Phi) is 3.22. The van der Waals surface area contributed by atoms with E-state index < -0.39 is 10.7 Å². The second kappa shape index (κ2) is 4.82. The Labute approximate surface area is 102 Å². The first-order valence-electron chi connectivity index (χ1n) is 5.10. The van der Waals surface area contributed by atoms with Crippen molar-refractivity contribution in [3.8, 4) is 5.75 Å². The number of hydrogen-bond acceptors (Lipinski definition) is 4. The molecule has 0 atom stereocenters. The number of rotatable bonds is 4. The fraction of sp³-hybridized carbons (Fsp3) is 0.182. The van der Waals surface area contributed by atoms with E-state index in [0.717, 1.165) is 18.2 Å². The molecule has 18 heavy (non-hydrogen) atoms. The van der Waals surface area contributed by atoms with Gasteiger partial charge in [0.15, 0.2) is 5.75 Å². The van der Waals surface area contributed by atoms with Gasteiger partial charge in [-0.3, -0.25) is 14.8 Å². The first kappa shape index (κ1) is 12.0. The molecule has 0 radical (unpaired) electrons. The first-order chi connectivity index (χ1) is 8.56. The van der Waals surface area contributed by atoms with Gasteiger partial charge in [-0.05, 0) is 12.1 Å². The number of nitro groups is 1. The highest BCUT2D eigenvalue weighted by Crippen LogP contribution is 2.21. The van der Waals surface area contributed by atoms with Gasteiger partial charge in [0.25, 0.3) is 5.69 Å². The summed E-state index contributed by atoms with van der Waals surface area (Å²) in [7, 11) is 1.72. The molecule has 1 aromatic heterocycles. The largest absolute Gasteiger partial charge is 0.485 e. The summed E-state index contributed by atoms with van der Waals surface area (Å²) in [6.45, 7) is -0.0836. The van der Waals surface area contributed by atoms with Gasteiger partial charge in [-0.1, -0.05) is 0 Å². The number of nitro benzene ring substituents is 1. The maximum Gasteiger partial charge on any atom is 0.276 e. The van der Waals surface area contributed by atoms with Gasteiger partial charge in [0.1, 0.15) is 12.4 Å². The van der Waals surface area contributed by atoms with Crippen LogP contribution in [0.2, 0.25) is 0 Å². The molecule has 0 fully saturated rings. The quantitative estimate of drug-likeness (QED) is 0.616. The minimum absolute atomic E-state index is 0.0836. The van der Waals surface area contributed by atoms with Gasteiger partial charge in [-0.25, -0.2) is 4.39 Å². The van der Waals surface area contributed by atoms with Crippen LogP contribution in [0.4, 0.5) is 10.1 Å². The van der Waals surface area contributed by atoms with Crippen LogP contribution in [-0.2, 0) is 13.7 Å². The lowest BCUT2D eigenvalue weighted by Crippen LogP contribution is -2.01. The molecule has 0 aliphatic carbocycles. The monoisotopic (exact) mass is 251 g/mol. The molecule has 0 N–H and O–H groups in total. The molecule has 6 nitrogen and oxygen atoms in total. The minimum Gasteiger partial charge on any atom is -0.485 e. The second-order valence-electron chi connectivity index (χ2n) is 3.67. The number of benzene rings is 1. The molecular weight excluding hydrogens is 241 g/mol.